The van der Waals surface area contributed by atoms with E-state index in [1.54, 1.807) is 6.08 Å². The Kier molecular flexibility index (Phi) is 4.66. The van der Waals surface area contributed by atoms with Crippen LogP contribution < -0.4 is 10.6 Å². The van der Waals surface area contributed by atoms with Crippen LogP contribution in [0.3, 0.4) is 0 Å². The average Bonchev–Trinajstić information content (AvgIpc) is 2.48. The second-order valence-corrected chi connectivity index (χ2v) is 4.74. The van der Waals surface area contributed by atoms with Gasteiger partial charge in [0, 0.05) is 24.6 Å². The Morgan fingerprint density at radius 3 is 2.62 bits per heavy atom. The monoisotopic (exact) mass is 282 g/mol. The summed E-state index contributed by atoms with van der Waals surface area (Å²) in [6, 6.07) is 5.87. The quantitative estimate of drug-likeness (QED) is 0.827. The number of nitrogens with zero attached hydrogens (tertiary/aromatic N) is 2. The SMILES string of the molecule is C=CCNc1ncc(C(=O)Nc2ccc(C)cc2C)cn1. The van der Waals surface area contributed by atoms with Gasteiger partial charge in [-0.1, -0.05) is 23.8 Å². The predicted molar refractivity (Wildman–Crippen MR) is 84.6 cm³/mol. The van der Waals surface area contributed by atoms with E-state index < -0.39 is 0 Å². The third-order valence-corrected chi connectivity index (χ3v) is 2.95. The van der Waals surface area contributed by atoms with Crippen LogP contribution in [0.5, 0.6) is 0 Å². The number of aromatic nitrogens is 2. The van der Waals surface area contributed by atoms with Gasteiger partial charge >= 0.3 is 0 Å². The van der Waals surface area contributed by atoms with E-state index in [2.05, 4.69) is 27.2 Å². The van der Waals surface area contributed by atoms with Crippen molar-refractivity contribution in [1.82, 2.24) is 9.97 Å². The van der Waals surface area contributed by atoms with E-state index in [1.165, 1.54) is 12.4 Å². The van der Waals surface area contributed by atoms with Gasteiger partial charge in [0.1, 0.15) is 0 Å². The van der Waals surface area contributed by atoms with E-state index in [0.717, 1.165) is 16.8 Å². The van der Waals surface area contributed by atoms with Gasteiger partial charge in [0.15, 0.2) is 0 Å². The van der Waals surface area contributed by atoms with Crippen LogP contribution in [0.1, 0.15) is 21.5 Å². The number of carbonyl (C=O) groups excluding carboxylic acids is 1. The molecule has 1 amide bonds. The highest BCUT2D eigenvalue weighted by Gasteiger charge is 2.09. The zero-order valence-electron chi connectivity index (χ0n) is 12.2. The maximum atomic E-state index is 12.1. The molecule has 0 saturated carbocycles. The van der Waals surface area contributed by atoms with Crippen molar-refractivity contribution in [2.45, 2.75) is 13.8 Å². The third kappa shape index (κ3) is 3.89. The van der Waals surface area contributed by atoms with Crippen molar-refractivity contribution in [2.75, 3.05) is 17.2 Å². The van der Waals surface area contributed by atoms with Gasteiger partial charge in [0.25, 0.3) is 5.91 Å². The van der Waals surface area contributed by atoms with E-state index >= 15 is 0 Å². The third-order valence-electron chi connectivity index (χ3n) is 2.95. The maximum absolute atomic E-state index is 12.1. The lowest BCUT2D eigenvalue weighted by molar-refractivity contribution is 0.102. The summed E-state index contributed by atoms with van der Waals surface area (Å²) < 4.78 is 0. The van der Waals surface area contributed by atoms with Gasteiger partial charge in [-0.05, 0) is 25.5 Å². The number of amides is 1. The van der Waals surface area contributed by atoms with Gasteiger partial charge in [0.2, 0.25) is 5.95 Å². The zero-order valence-corrected chi connectivity index (χ0v) is 12.2. The van der Waals surface area contributed by atoms with Crippen molar-refractivity contribution in [3.8, 4) is 0 Å². The minimum Gasteiger partial charge on any atom is -0.351 e. The Hall–Kier alpha value is -2.69. The lowest BCUT2D eigenvalue weighted by atomic mass is 10.1. The Balaban J connectivity index is 2.07. The molecule has 0 atom stereocenters. The summed E-state index contributed by atoms with van der Waals surface area (Å²) >= 11 is 0. The average molecular weight is 282 g/mol. The Morgan fingerprint density at radius 1 is 1.29 bits per heavy atom. The first kappa shape index (κ1) is 14.7. The fraction of sp³-hybridized carbons (Fsp3) is 0.188. The van der Waals surface area contributed by atoms with Gasteiger partial charge in [0.05, 0.1) is 5.56 Å². The van der Waals surface area contributed by atoms with Gasteiger partial charge in [-0.3, -0.25) is 4.79 Å². The number of anilines is 2. The molecule has 0 aliphatic carbocycles. The van der Waals surface area contributed by atoms with Crippen LogP contribution >= 0.6 is 0 Å². The van der Waals surface area contributed by atoms with Crippen molar-refractivity contribution in [2.24, 2.45) is 0 Å². The molecule has 108 valence electrons. The minimum atomic E-state index is -0.225. The van der Waals surface area contributed by atoms with Gasteiger partial charge < -0.3 is 10.6 Å². The summed E-state index contributed by atoms with van der Waals surface area (Å²) in [5, 5.41) is 5.81. The van der Waals surface area contributed by atoms with Crippen LogP contribution in [0.25, 0.3) is 0 Å². The summed E-state index contributed by atoms with van der Waals surface area (Å²) in [4.78, 5) is 20.3. The minimum absolute atomic E-state index is 0.225. The number of benzene rings is 1. The first-order valence-electron chi connectivity index (χ1n) is 6.65. The Bertz CT molecular complexity index is 650. The molecule has 21 heavy (non-hydrogen) atoms. The molecule has 2 N–H and O–H groups in total. The molecule has 0 spiro atoms. The predicted octanol–water partition coefficient (Wildman–Crippen LogP) is 2.94. The van der Waals surface area contributed by atoms with E-state index in [1.807, 2.05) is 32.0 Å². The topological polar surface area (TPSA) is 66.9 Å². The molecule has 0 bridgehead atoms. The van der Waals surface area contributed by atoms with E-state index in [-0.39, 0.29) is 5.91 Å². The lowest BCUT2D eigenvalue weighted by Crippen LogP contribution is -2.14. The molecule has 0 unspecified atom stereocenters. The van der Waals surface area contributed by atoms with Crippen LogP contribution in [-0.4, -0.2) is 22.4 Å². The Labute approximate surface area is 124 Å². The molecule has 1 heterocycles. The fourth-order valence-electron chi connectivity index (χ4n) is 1.85. The van der Waals surface area contributed by atoms with Crippen LogP contribution in [0, 0.1) is 13.8 Å². The smallest absolute Gasteiger partial charge is 0.258 e. The fourth-order valence-corrected chi connectivity index (χ4v) is 1.85. The highest BCUT2D eigenvalue weighted by atomic mass is 16.1. The molecule has 0 aliphatic heterocycles. The van der Waals surface area contributed by atoms with Crippen LogP contribution in [0.4, 0.5) is 11.6 Å². The lowest BCUT2D eigenvalue weighted by Gasteiger charge is -2.09. The first-order chi connectivity index (χ1) is 10.1. The molecule has 0 fully saturated rings. The van der Waals surface area contributed by atoms with E-state index in [0.29, 0.717) is 18.1 Å². The van der Waals surface area contributed by atoms with Crippen molar-refractivity contribution >= 4 is 17.5 Å². The van der Waals surface area contributed by atoms with Crippen LogP contribution in [-0.2, 0) is 0 Å². The number of rotatable bonds is 5. The molecule has 1 aromatic heterocycles. The number of carbonyl (C=O) groups is 1. The molecule has 1 aromatic carbocycles. The molecular formula is C16H18N4O. The molecule has 2 rings (SSSR count). The number of nitrogens with one attached hydrogen (secondary N) is 2. The van der Waals surface area contributed by atoms with Gasteiger partial charge in [-0.25, -0.2) is 9.97 Å². The van der Waals surface area contributed by atoms with Crippen molar-refractivity contribution in [3.05, 3.63) is 59.9 Å². The number of hydrogen-bond donors (Lipinski definition) is 2. The second kappa shape index (κ2) is 6.65. The number of hydrogen-bond acceptors (Lipinski definition) is 4. The molecule has 2 aromatic rings. The first-order valence-corrected chi connectivity index (χ1v) is 6.65. The number of aryl methyl sites for hydroxylation is 2. The van der Waals surface area contributed by atoms with Crippen molar-refractivity contribution in [1.29, 1.82) is 0 Å². The summed E-state index contributed by atoms with van der Waals surface area (Å²) in [7, 11) is 0. The maximum Gasteiger partial charge on any atom is 0.258 e. The summed E-state index contributed by atoms with van der Waals surface area (Å²) in [6.07, 6.45) is 4.71. The van der Waals surface area contributed by atoms with Crippen molar-refractivity contribution in [3.63, 3.8) is 0 Å². The molecule has 0 saturated heterocycles. The standard InChI is InChI=1S/C16H18N4O/c1-4-7-17-16-18-9-13(10-19-16)15(21)20-14-6-5-11(2)8-12(14)3/h4-6,8-10H,1,7H2,2-3H3,(H,20,21)(H,17,18,19). The van der Waals surface area contributed by atoms with E-state index in [4.69, 9.17) is 0 Å². The molecule has 5 nitrogen and oxygen atoms in total. The van der Waals surface area contributed by atoms with Crippen molar-refractivity contribution < 1.29 is 4.79 Å². The largest absolute Gasteiger partial charge is 0.351 e. The molecule has 5 heteroatoms. The highest BCUT2D eigenvalue weighted by Crippen LogP contribution is 2.17. The van der Waals surface area contributed by atoms with Gasteiger partial charge in [-0.15, -0.1) is 6.58 Å². The van der Waals surface area contributed by atoms with Gasteiger partial charge in [-0.2, -0.15) is 0 Å². The van der Waals surface area contributed by atoms with Crippen LogP contribution in [0.15, 0.2) is 43.2 Å². The summed E-state index contributed by atoms with van der Waals surface area (Å²) in [5.74, 6) is 0.246. The normalized spacial score (nSPS) is 10.0. The molecular weight excluding hydrogens is 264 g/mol. The second-order valence-electron chi connectivity index (χ2n) is 4.74. The zero-order chi connectivity index (χ0) is 15.2. The highest BCUT2D eigenvalue weighted by molar-refractivity contribution is 6.04. The summed E-state index contributed by atoms with van der Waals surface area (Å²) in [5.41, 5.74) is 3.39. The van der Waals surface area contributed by atoms with Crippen LogP contribution in [0.2, 0.25) is 0 Å². The molecule has 0 aliphatic rings. The molecule has 0 radical (unpaired) electrons. The van der Waals surface area contributed by atoms with E-state index in [9.17, 15) is 4.79 Å². The Morgan fingerprint density at radius 2 is 2.00 bits per heavy atom. The summed E-state index contributed by atoms with van der Waals surface area (Å²) in [6.45, 7) is 8.15.